The number of non-ortho nitro benzene ring substituents is 1. The molecule has 108 valence electrons. The van der Waals surface area contributed by atoms with Gasteiger partial charge in [-0.1, -0.05) is 29.3 Å². The summed E-state index contributed by atoms with van der Waals surface area (Å²) in [6, 6.07) is 8.88. The predicted octanol–water partition coefficient (Wildman–Crippen LogP) is 4.29. The molecule has 2 rings (SSSR count). The first-order chi connectivity index (χ1) is 10.0. The number of hydrogen-bond donors (Lipinski definition) is 0. The van der Waals surface area contributed by atoms with Crippen LogP contribution in [0.5, 0.6) is 5.75 Å². The normalized spacial score (nSPS) is 10.2. The van der Waals surface area contributed by atoms with Crippen LogP contribution in [0.15, 0.2) is 36.4 Å². The van der Waals surface area contributed by atoms with Gasteiger partial charge < -0.3 is 4.74 Å². The third-order valence-corrected chi connectivity index (χ3v) is 3.39. The molecule has 0 saturated heterocycles. The van der Waals surface area contributed by atoms with Crippen molar-refractivity contribution >= 4 is 35.2 Å². The van der Waals surface area contributed by atoms with Crippen LogP contribution >= 0.6 is 23.2 Å². The fourth-order valence-electron chi connectivity index (χ4n) is 1.69. The molecule has 0 atom stereocenters. The van der Waals surface area contributed by atoms with Crippen molar-refractivity contribution in [3.05, 3.63) is 67.7 Å². The number of benzene rings is 2. The van der Waals surface area contributed by atoms with Crippen LogP contribution in [0, 0.1) is 10.1 Å². The SMILES string of the molecule is O=Cc1cccc(Cl)c1OCc1ccc([N+](=O)[O-])cc1Cl. The molecule has 0 heterocycles. The maximum Gasteiger partial charge on any atom is 0.270 e. The molecular formula is C14H9Cl2NO4. The van der Waals surface area contributed by atoms with Crippen molar-refractivity contribution in [3.63, 3.8) is 0 Å². The molecule has 7 heteroatoms. The maximum atomic E-state index is 10.9. The number of carbonyl (C=O) groups is 1. The zero-order valence-corrected chi connectivity index (χ0v) is 12.1. The lowest BCUT2D eigenvalue weighted by atomic mass is 10.2. The van der Waals surface area contributed by atoms with Crippen LogP contribution in [0.25, 0.3) is 0 Å². The van der Waals surface area contributed by atoms with Crippen molar-refractivity contribution in [2.75, 3.05) is 0 Å². The maximum absolute atomic E-state index is 10.9. The van der Waals surface area contributed by atoms with Crippen molar-refractivity contribution in [1.29, 1.82) is 0 Å². The molecule has 0 saturated carbocycles. The molecule has 0 aliphatic carbocycles. The number of carbonyl (C=O) groups excluding carboxylic acids is 1. The highest BCUT2D eigenvalue weighted by atomic mass is 35.5. The Labute approximate surface area is 130 Å². The van der Waals surface area contributed by atoms with E-state index in [2.05, 4.69) is 0 Å². The summed E-state index contributed by atoms with van der Waals surface area (Å²) in [5.74, 6) is 0.253. The van der Waals surface area contributed by atoms with Crippen molar-refractivity contribution in [3.8, 4) is 5.75 Å². The summed E-state index contributed by atoms with van der Waals surface area (Å²) in [5, 5.41) is 11.1. The minimum atomic E-state index is -0.533. The van der Waals surface area contributed by atoms with Gasteiger partial charge in [0.15, 0.2) is 6.29 Å². The van der Waals surface area contributed by atoms with Crippen LogP contribution in [0.1, 0.15) is 15.9 Å². The fourth-order valence-corrected chi connectivity index (χ4v) is 2.15. The standard InChI is InChI=1S/C14H9Cl2NO4/c15-12-3-1-2-9(7-18)14(12)21-8-10-4-5-11(17(19)20)6-13(10)16/h1-7H,8H2. The van der Waals surface area contributed by atoms with Gasteiger partial charge in [-0.3, -0.25) is 14.9 Å². The lowest BCUT2D eigenvalue weighted by Crippen LogP contribution is -2.00. The quantitative estimate of drug-likeness (QED) is 0.467. The van der Waals surface area contributed by atoms with Gasteiger partial charge in [-0.15, -0.1) is 0 Å². The summed E-state index contributed by atoms with van der Waals surface area (Å²) in [6.45, 7) is 0.0431. The monoisotopic (exact) mass is 325 g/mol. The van der Waals surface area contributed by atoms with E-state index in [4.69, 9.17) is 27.9 Å². The first kappa shape index (κ1) is 15.3. The number of hydrogen-bond acceptors (Lipinski definition) is 4. The van der Waals surface area contributed by atoms with E-state index in [1.807, 2.05) is 0 Å². The average molecular weight is 326 g/mol. The smallest absolute Gasteiger partial charge is 0.270 e. The van der Waals surface area contributed by atoms with Gasteiger partial charge in [0.25, 0.3) is 5.69 Å². The third kappa shape index (κ3) is 3.51. The van der Waals surface area contributed by atoms with Crippen LogP contribution in [-0.2, 0) is 6.61 Å². The van der Waals surface area contributed by atoms with E-state index in [0.717, 1.165) is 0 Å². The van der Waals surface area contributed by atoms with E-state index in [9.17, 15) is 14.9 Å². The number of para-hydroxylation sites is 1. The Kier molecular flexibility index (Phi) is 4.77. The molecule has 0 aliphatic rings. The second-order valence-corrected chi connectivity index (χ2v) is 4.91. The highest BCUT2D eigenvalue weighted by molar-refractivity contribution is 6.32. The number of nitrogens with zero attached hydrogens (tertiary/aromatic N) is 1. The highest BCUT2D eigenvalue weighted by Gasteiger charge is 2.12. The first-order valence-corrected chi connectivity index (χ1v) is 6.58. The van der Waals surface area contributed by atoms with Crippen LogP contribution in [0.3, 0.4) is 0 Å². The summed E-state index contributed by atoms with van der Waals surface area (Å²) < 4.78 is 5.51. The van der Waals surface area contributed by atoms with E-state index < -0.39 is 4.92 Å². The summed E-state index contributed by atoms with van der Waals surface area (Å²) >= 11 is 11.9. The van der Waals surface area contributed by atoms with Crippen molar-refractivity contribution in [2.45, 2.75) is 6.61 Å². The van der Waals surface area contributed by atoms with Gasteiger partial charge in [-0.25, -0.2) is 0 Å². The molecule has 2 aromatic carbocycles. The Morgan fingerprint density at radius 1 is 1.19 bits per heavy atom. The minimum absolute atomic E-state index is 0.0431. The Hall–Kier alpha value is -2.11. The molecule has 0 radical (unpaired) electrons. The van der Waals surface area contributed by atoms with Gasteiger partial charge in [0.05, 0.1) is 20.5 Å². The minimum Gasteiger partial charge on any atom is -0.487 e. The second kappa shape index (κ2) is 6.56. The largest absolute Gasteiger partial charge is 0.487 e. The molecule has 0 amide bonds. The van der Waals surface area contributed by atoms with Crippen molar-refractivity contribution in [2.24, 2.45) is 0 Å². The average Bonchev–Trinajstić information content (AvgIpc) is 2.46. The Balaban J connectivity index is 2.21. The van der Waals surface area contributed by atoms with Gasteiger partial charge in [0.2, 0.25) is 0 Å². The summed E-state index contributed by atoms with van der Waals surface area (Å²) in [7, 11) is 0. The number of ether oxygens (including phenoxy) is 1. The topological polar surface area (TPSA) is 69.4 Å². The Bertz CT molecular complexity index is 703. The van der Waals surface area contributed by atoms with E-state index in [1.165, 1.54) is 18.2 Å². The van der Waals surface area contributed by atoms with E-state index in [-0.39, 0.29) is 23.1 Å². The molecule has 0 spiro atoms. The number of halogens is 2. The summed E-state index contributed by atoms with van der Waals surface area (Å²) in [6.07, 6.45) is 0.638. The van der Waals surface area contributed by atoms with Crippen LogP contribution < -0.4 is 4.74 Å². The number of rotatable bonds is 5. The molecule has 0 aliphatic heterocycles. The molecule has 0 aromatic heterocycles. The number of aldehydes is 1. The van der Waals surface area contributed by atoms with E-state index in [1.54, 1.807) is 18.2 Å². The van der Waals surface area contributed by atoms with Crippen molar-refractivity contribution < 1.29 is 14.5 Å². The van der Waals surface area contributed by atoms with Crippen LogP contribution in [0.2, 0.25) is 10.0 Å². The van der Waals surface area contributed by atoms with Crippen LogP contribution in [-0.4, -0.2) is 11.2 Å². The third-order valence-electron chi connectivity index (χ3n) is 2.74. The second-order valence-electron chi connectivity index (χ2n) is 4.10. The molecule has 21 heavy (non-hydrogen) atoms. The van der Waals surface area contributed by atoms with E-state index >= 15 is 0 Å². The molecule has 5 nitrogen and oxygen atoms in total. The summed E-state index contributed by atoms with van der Waals surface area (Å²) in [4.78, 5) is 21.0. The van der Waals surface area contributed by atoms with Crippen molar-refractivity contribution in [1.82, 2.24) is 0 Å². The molecule has 2 aromatic rings. The van der Waals surface area contributed by atoms with E-state index in [0.29, 0.717) is 22.4 Å². The highest BCUT2D eigenvalue weighted by Crippen LogP contribution is 2.30. The lowest BCUT2D eigenvalue weighted by Gasteiger charge is -2.11. The Morgan fingerprint density at radius 2 is 1.95 bits per heavy atom. The van der Waals surface area contributed by atoms with Gasteiger partial charge in [-0.2, -0.15) is 0 Å². The Morgan fingerprint density at radius 3 is 2.57 bits per heavy atom. The summed E-state index contributed by atoms with van der Waals surface area (Å²) in [5.41, 5.74) is 0.773. The zero-order chi connectivity index (χ0) is 15.4. The lowest BCUT2D eigenvalue weighted by molar-refractivity contribution is -0.384. The molecular weight excluding hydrogens is 317 g/mol. The number of nitro groups is 1. The first-order valence-electron chi connectivity index (χ1n) is 5.82. The van der Waals surface area contributed by atoms with Crippen LogP contribution in [0.4, 0.5) is 5.69 Å². The predicted molar refractivity (Wildman–Crippen MR) is 79.3 cm³/mol. The van der Waals surface area contributed by atoms with Gasteiger partial charge in [0, 0.05) is 17.7 Å². The molecule has 0 unspecified atom stereocenters. The molecule has 0 N–H and O–H groups in total. The molecule has 0 fully saturated rings. The number of nitro benzene ring substituents is 1. The fraction of sp³-hybridized carbons (Fsp3) is 0.0714. The molecule has 0 bridgehead atoms. The van der Waals surface area contributed by atoms with Gasteiger partial charge >= 0.3 is 0 Å². The van der Waals surface area contributed by atoms with Gasteiger partial charge in [-0.05, 0) is 18.2 Å². The zero-order valence-electron chi connectivity index (χ0n) is 10.6. The van der Waals surface area contributed by atoms with Gasteiger partial charge in [0.1, 0.15) is 12.4 Å².